The van der Waals surface area contributed by atoms with Gasteiger partial charge in [0.25, 0.3) is 0 Å². The molecule has 0 amide bonds. The largest absolute Gasteiger partial charge is 0.457 e. The van der Waals surface area contributed by atoms with Crippen molar-refractivity contribution >= 4 is 56.2 Å². The summed E-state index contributed by atoms with van der Waals surface area (Å²) in [5.74, 6) is 4.75. The van der Waals surface area contributed by atoms with Crippen molar-refractivity contribution < 1.29 is 4.74 Å². The van der Waals surface area contributed by atoms with E-state index in [9.17, 15) is 0 Å². The smallest absolute Gasteiger partial charge is 0.154 e. The molecule has 0 bridgehead atoms. The average Bonchev–Trinajstić information content (AvgIpc) is 3.75. The molecule has 8 aromatic rings. The summed E-state index contributed by atoms with van der Waals surface area (Å²) < 4.78 is 6.64. The van der Waals surface area contributed by atoms with Crippen molar-refractivity contribution in [3.63, 3.8) is 0 Å². The lowest BCUT2D eigenvalue weighted by molar-refractivity contribution is 0.418. The molecule has 0 spiro atoms. The summed E-state index contributed by atoms with van der Waals surface area (Å²) in [5.41, 5.74) is 10.9. The second kappa shape index (κ2) is 11.4. The number of anilines is 2. The van der Waals surface area contributed by atoms with Crippen molar-refractivity contribution in [3.05, 3.63) is 168 Å². The molecule has 2 N–H and O–H groups in total. The number of amidine groups is 2. The molecule has 7 nitrogen and oxygen atoms in total. The number of fused-ring (bicyclic) bond motifs is 2. The van der Waals surface area contributed by atoms with Gasteiger partial charge in [-0.2, -0.15) is 0 Å². The molecule has 2 aromatic heterocycles. The second-order valence-electron chi connectivity index (χ2n) is 14.5. The monoisotopic (exact) mass is 696 g/mol. The third-order valence-corrected chi connectivity index (χ3v) is 11.0. The molecule has 3 aliphatic rings. The number of nitrogens with one attached hydrogen (secondary N) is 2. The predicted molar refractivity (Wildman–Crippen MR) is 219 cm³/mol. The van der Waals surface area contributed by atoms with E-state index in [1.807, 2.05) is 36.4 Å². The fourth-order valence-electron chi connectivity index (χ4n) is 8.37. The van der Waals surface area contributed by atoms with Gasteiger partial charge >= 0.3 is 0 Å². The molecule has 0 aliphatic carbocycles. The third-order valence-electron chi connectivity index (χ3n) is 11.0. The van der Waals surface area contributed by atoms with Crippen molar-refractivity contribution in [2.45, 2.75) is 19.3 Å². The Kier molecular flexibility index (Phi) is 6.46. The van der Waals surface area contributed by atoms with Crippen LogP contribution in [-0.2, 0) is 5.41 Å². The Morgan fingerprint density at radius 1 is 0.500 bits per heavy atom. The molecule has 3 aliphatic heterocycles. The summed E-state index contributed by atoms with van der Waals surface area (Å²) in [6.45, 7) is 4.60. The Labute approximate surface area is 311 Å². The highest BCUT2D eigenvalue weighted by molar-refractivity contribution is 6.29. The van der Waals surface area contributed by atoms with Crippen molar-refractivity contribution in [2.75, 3.05) is 10.6 Å². The van der Waals surface area contributed by atoms with E-state index in [0.29, 0.717) is 11.6 Å². The fraction of sp³-hybridized carbons (Fsp3) is 0.0638. The van der Waals surface area contributed by atoms with Crippen molar-refractivity contribution in [3.8, 4) is 33.8 Å². The summed E-state index contributed by atoms with van der Waals surface area (Å²) in [6, 6.07) is 46.4. The number of nitrogens with zero attached hydrogens (tertiary/aromatic N) is 4. The number of benzene rings is 6. The molecule has 0 fully saturated rings. The average molecular weight is 697 g/mol. The normalized spacial score (nSPS) is 15.9. The van der Waals surface area contributed by atoms with E-state index in [-0.39, 0.29) is 5.41 Å². The van der Waals surface area contributed by atoms with Gasteiger partial charge in [0.15, 0.2) is 11.6 Å². The van der Waals surface area contributed by atoms with Crippen molar-refractivity contribution in [1.29, 1.82) is 0 Å². The maximum atomic E-state index is 6.64. The van der Waals surface area contributed by atoms with Crippen LogP contribution in [-0.4, -0.2) is 21.6 Å². The highest BCUT2D eigenvalue weighted by atomic mass is 16.5. The zero-order valence-electron chi connectivity index (χ0n) is 29.6. The van der Waals surface area contributed by atoms with Crippen LogP contribution < -0.4 is 15.4 Å². The summed E-state index contributed by atoms with van der Waals surface area (Å²) in [7, 11) is 0. The van der Waals surface area contributed by atoms with Crippen LogP contribution in [0.15, 0.2) is 156 Å². The minimum Gasteiger partial charge on any atom is -0.457 e. The predicted octanol–water partition coefficient (Wildman–Crippen LogP) is 11.6. The molecule has 0 radical (unpaired) electrons. The van der Waals surface area contributed by atoms with Gasteiger partial charge in [-0.15, -0.1) is 0 Å². The Morgan fingerprint density at radius 3 is 1.46 bits per heavy atom. The molecular formula is C47H32N6O. The van der Waals surface area contributed by atoms with E-state index in [1.54, 1.807) is 12.4 Å². The molecule has 0 atom stereocenters. The lowest BCUT2D eigenvalue weighted by Gasteiger charge is -2.35. The van der Waals surface area contributed by atoms with Crippen molar-refractivity contribution in [1.82, 2.24) is 9.97 Å². The molecule has 54 heavy (non-hydrogen) atoms. The lowest BCUT2D eigenvalue weighted by atomic mass is 9.74. The van der Waals surface area contributed by atoms with E-state index < -0.39 is 0 Å². The first-order chi connectivity index (χ1) is 26.5. The minimum absolute atomic E-state index is 0.327. The van der Waals surface area contributed by atoms with E-state index in [0.717, 1.165) is 67.9 Å². The molecule has 0 saturated carbocycles. The first kappa shape index (κ1) is 30.5. The van der Waals surface area contributed by atoms with Gasteiger partial charge < -0.3 is 15.4 Å². The van der Waals surface area contributed by atoms with E-state index in [4.69, 9.17) is 14.7 Å². The topological polar surface area (TPSA) is 83.8 Å². The van der Waals surface area contributed by atoms with Crippen LogP contribution in [0.3, 0.4) is 0 Å². The summed E-state index contributed by atoms with van der Waals surface area (Å²) in [6.07, 6.45) is 3.53. The zero-order chi connectivity index (χ0) is 36.0. The van der Waals surface area contributed by atoms with Gasteiger partial charge in [-0.1, -0.05) is 86.6 Å². The molecule has 0 unspecified atom stereocenters. The fourth-order valence-corrected chi connectivity index (χ4v) is 8.37. The first-order valence-electron chi connectivity index (χ1n) is 18.1. The molecule has 7 heteroatoms. The zero-order valence-corrected chi connectivity index (χ0v) is 29.6. The van der Waals surface area contributed by atoms with Crippen LogP contribution in [0.5, 0.6) is 11.5 Å². The number of ether oxygens (including phenoxy) is 1. The number of aliphatic imine (C=N–C) groups is 2. The molecule has 0 saturated heterocycles. The molecule has 256 valence electrons. The maximum absolute atomic E-state index is 6.64. The molecule has 5 heterocycles. The second-order valence-corrected chi connectivity index (χ2v) is 14.5. The summed E-state index contributed by atoms with van der Waals surface area (Å²) in [4.78, 5) is 18.5. The Balaban J connectivity index is 0.980. The Hall–Kier alpha value is -7.12. The Bertz CT molecular complexity index is 2730. The molecule has 11 rings (SSSR count). The Morgan fingerprint density at radius 2 is 1.00 bits per heavy atom. The summed E-state index contributed by atoms with van der Waals surface area (Å²) in [5, 5.41) is 11.8. The number of hydrogen-bond donors (Lipinski definition) is 2. The highest BCUT2D eigenvalue weighted by Gasteiger charge is 2.35. The van der Waals surface area contributed by atoms with E-state index in [2.05, 4.69) is 132 Å². The van der Waals surface area contributed by atoms with Crippen LogP contribution in [0, 0.1) is 0 Å². The first-order valence-corrected chi connectivity index (χ1v) is 18.1. The van der Waals surface area contributed by atoms with Crippen LogP contribution in [0.1, 0.15) is 36.1 Å². The van der Waals surface area contributed by atoms with Crippen LogP contribution in [0.25, 0.3) is 43.8 Å². The minimum atomic E-state index is -0.327. The van der Waals surface area contributed by atoms with Gasteiger partial charge in [0.2, 0.25) is 0 Å². The van der Waals surface area contributed by atoms with Gasteiger partial charge in [0, 0.05) is 62.2 Å². The van der Waals surface area contributed by atoms with Crippen LogP contribution >= 0.6 is 0 Å². The SMILES string of the molecule is CC1(C)c2cc(-c3ccc4c5c(cccc35)/C(=N/c3ccccn3)N4)ccc2Oc2ccc(-c3ccc4c5c(cccc35)/C(=N/c3ccccn3)N4)cc21. The van der Waals surface area contributed by atoms with Gasteiger partial charge in [-0.25, -0.2) is 20.0 Å². The van der Waals surface area contributed by atoms with Gasteiger partial charge in [-0.3, -0.25) is 0 Å². The lowest BCUT2D eigenvalue weighted by Crippen LogP contribution is -2.24. The van der Waals surface area contributed by atoms with Gasteiger partial charge in [0.1, 0.15) is 23.2 Å². The van der Waals surface area contributed by atoms with Crippen LogP contribution in [0.4, 0.5) is 23.0 Å². The van der Waals surface area contributed by atoms with Gasteiger partial charge in [-0.05, 0) is 93.7 Å². The van der Waals surface area contributed by atoms with Crippen molar-refractivity contribution in [2.24, 2.45) is 9.98 Å². The maximum Gasteiger partial charge on any atom is 0.154 e. The van der Waals surface area contributed by atoms with E-state index in [1.165, 1.54) is 32.7 Å². The number of rotatable bonds is 4. The van der Waals surface area contributed by atoms with E-state index >= 15 is 0 Å². The quantitative estimate of drug-likeness (QED) is 0.191. The van der Waals surface area contributed by atoms with Crippen LogP contribution in [0.2, 0.25) is 0 Å². The molecular weight excluding hydrogens is 665 g/mol. The number of aromatic nitrogens is 2. The highest BCUT2D eigenvalue weighted by Crippen LogP contribution is 2.51. The standard InChI is InChI=1S/C47H32N6O/c1-47(2)35-25-27(29-17-19-37-43-31(29)9-7-11-33(43)45(50-37)52-41-13-3-5-23-48-41)15-21-39(35)54-40-22-16-28(26-36(40)47)30-18-20-38-44-32(30)10-8-12-34(44)46(51-38)53-42-14-4-6-24-49-42/h3-26H,1-2H3,(H,48,50,52)(H,49,51,53). The number of hydrogen-bond acceptors (Lipinski definition) is 5. The summed E-state index contributed by atoms with van der Waals surface area (Å²) >= 11 is 0. The van der Waals surface area contributed by atoms with Gasteiger partial charge in [0.05, 0.1) is 0 Å². The molecule has 6 aromatic carbocycles. The number of pyridine rings is 2. The third kappa shape index (κ3) is 4.61.